The van der Waals surface area contributed by atoms with E-state index in [2.05, 4.69) is 10.3 Å². The molecule has 1 atom stereocenters. The van der Waals surface area contributed by atoms with Crippen molar-refractivity contribution in [3.8, 4) is 11.1 Å². The van der Waals surface area contributed by atoms with E-state index >= 15 is 0 Å². The Morgan fingerprint density at radius 1 is 0.960 bits per heavy atom. The van der Waals surface area contributed by atoms with Crippen molar-refractivity contribution in [3.05, 3.63) is 66.4 Å². The lowest BCUT2D eigenvalue weighted by Crippen LogP contribution is -2.07. The molecule has 132 valence electrons. The van der Waals surface area contributed by atoms with E-state index in [0.717, 1.165) is 22.9 Å². The predicted molar refractivity (Wildman–Crippen MR) is 95.4 cm³/mol. The summed E-state index contributed by atoms with van der Waals surface area (Å²) in [6, 6.07) is 17.5. The summed E-state index contributed by atoms with van der Waals surface area (Å²) < 4.78 is 35.9. The first-order chi connectivity index (χ1) is 11.9. The van der Waals surface area contributed by atoms with Crippen molar-refractivity contribution in [3.63, 3.8) is 0 Å². The lowest BCUT2D eigenvalue weighted by molar-refractivity contribution is 0.542. The van der Waals surface area contributed by atoms with E-state index in [4.69, 9.17) is 0 Å². The molecule has 0 aliphatic carbocycles. The summed E-state index contributed by atoms with van der Waals surface area (Å²) in [5.41, 5.74) is 3.10. The second-order valence-corrected chi connectivity index (χ2v) is 6.43. The Morgan fingerprint density at radius 3 is 2.04 bits per heavy atom. The third-order valence-electron chi connectivity index (χ3n) is 3.64. The van der Waals surface area contributed by atoms with Gasteiger partial charge in [0.25, 0.3) is 0 Å². The lowest BCUT2D eigenvalue weighted by Gasteiger charge is -2.12. The molecule has 0 N–H and O–H groups in total. The van der Waals surface area contributed by atoms with Gasteiger partial charge in [-0.3, -0.25) is 0 Å². The SMILES string of the molecule is CC.CC(c1ccc(-c2ccccc2)cc1)n1cc(S(=O)(=O)F)nn1. The first-order valence-corrected chi connectivity index (χ1v) is 9.35. The van der Waals surface area contributed by atoms with E-state index in [1.807, 2.05) is 75.4 Å². The number of hydrogen-bond donors (Lipinski definition) is 0. The van der Waals surface area contributed by atoms with Gasteiger partial charge in [-0.25, -0.2) is 4.68 Å². The van der Waals surface area contributed by atoms with Crippen LogP contribution < -0.4 is 0 Å². The Morgan fingerprint density at radius 2 is 1.52 bits per heavy atom. The van der Waals surface area contributed by atoms with Gasteiger partial charge in [0.05, 0.1) is 12.2 Å². The van der Waals surface area contributed by atoms with Crippen LogP contribution in [0.1, 0.15) is 32.4 Å². The highest BCUT2D eigenvalue weighted by Gasteiger charge is 2.19. The van der Waals surface area contributed by atoms with Gasteiger partial charge in [0.15, 0.2) is 0 Å². The first kappa shape index (κ1) is 18.8. The van der Waals surface area contributed by atoms with Gasteiger partial charge < -0.3 is 0 Å². The number of benzene rings is 2. The standard InChI is InChI=1S/C16H14FN3O2S.C2H6/c1-12(20-11-16(18-19-20)23(17,21)22)13-7-9-15(10-8-13)14-5-3-2-4-6-14;1-2/h2-12H,1H3;1-2H3. The van der Waals surface area contributed by atoms with E-state index in [9.17, 15) is 12.3 Å². The van der Waals surface area contributed by atoms with Crippen LogP contribution >= 0.6 is 0 Å². The van der Waals surface area contributed by atoms with Crippen molar-refractivity contribution >= 4 is 10.2 Å². The molecule has 0 radical (unpaired) electrons. The lowest BCUT2D eigenvalue weighted by atomic mass is 10.0. The Hall–Kier alpha value is -2.54. The molecule has 0 saturated carbocycles. The number of aromatic nitrogens is 3. The van der Waals surface area contributed by atoms with Gasteiger partial charge in [-0.05, 0) is 23.6 Å². The summed E-state index contributed by atoms with van der Waals surface area (Å²) >= 11 is 0. The summed E-state index contributed by atoms with van der Waals surface area (Å²) in [7, 11) is -4.83. The summed E-state index contributed by atoms with van der Waals surface area (Å²) in [5, 5.41) is 6.36. The normalized spacial score (nSPS) is 12.2. The molecule has 0 aliphatic rings. The minimum atomic E-state index is -4.83. The average Bonchev–Trinajstić information content (AvgIpc) is 3.14. The minimum Gasteiger partial charge on any atom is -0.244 e. The quantitative estimate of drug-likeness (QED) is 0.652. The molecule has 25 heavy (non-hydrogen) atoms. The van der Waals surface area contributed by atoms with Crippen molar-refractivity contribution in [1.82, 2.24) is 15.0 Å². The van der Waals surface area contributed by atoms with E-state index in [0.29, 0.717) is 0 Å². The molecule has 0 fully saturated rings. The maximum atomic E-state index is 12.9. The highest BCUT2D eigenvalue weighted by Crippen LogP contribution is 2.23. The zero-order valence-electron chi connectivity index (χ0n) is 14.3. The van der Waals surface area contributed by atoms with Crippen molar-refractivity contribution in [2.45, 2.75) is 31.8 Å². The Bertz CT molecular complexity index is 907. The molecule has 0 bridgehead atoms. The molecule has 3 rings (SSSR count). The zero-order chi connectivity index (χ0) is 18.4. The third kappa shape index (κ3) is 4.51. The minimum absolute atomic E-state index is 0.261. The zero-order valence-corrected chi connectivity index (χ0v) is 15.1. The fourth-order valence-corrected chi connectivity index (χ4v) is 2.67. The first-order valence-electron chi connectivity index (χ1n) is 7.97. The summed E-state index contributed by atoms with van der Waals surface area (Å²) in [6.07, 6.45) is 1.09. The fraction of sp³-hybridized carbons (Fsp3) is 0.222. The van der Waals surface area contributed by atoms with Crippen LogP contribution in [0.4, 0.5) is 3.89 Å². The summed E-state index contributed by atoms with van der Waals surface area (Å²) in [4.78, 5) is 0. The van der Waals surface area contributed by atoms with Gasteiger partial charge in [0.1, 0.15) is 0 Å². The molecule has 1 unspecified atom stereocenters. The predicted octanol–water partition coefficient (Wildman–Crippen LogP) is 4.24. The molecular weight excluding hydrogens is 341 g/mol. The van der Waals surface area contributed by atoms with E-state index in [1.165, 1.54) is 4.68 Å². The summed E-state index contributed by atoms with van der Waals surface area (Å²) in [6.45, 7) is 5.83. The van der Waals surface area contributed by atoms with Crippen LogP contribution in [0.25, 0.3) is 11.1 Å². The Labute approximate surface area is 147 Å². The highest BCUT2D eigenvalue weighted by molar-refractivity contribution is 7.86. The maximum Gasteiger partial charge on any atom is 0.353 e. The van der Waals surface area contributed by atoms with Gasteiger partial charge in [-0.15, -0.1) is 5.10 Å². The maximum absolute atomic E-state index is 12.9. The summed E-state index contributed by atoms with van der Waals surface area (Å²) in [5.74, 6) is 0. The number of rotatable bonds is 4. The molecule has 3 aromatic rings. The fourth-order valence-electron chi connectivity index (χ4n) is 2.30. The Balaban J connectivity index is 0.00000109. The van der Waals surface area contributed by atoms with Gasteiger partial charge in [0.2, 0.25) is 5.03 Å². The number of halogens is 1. The van der Waals surface area contributed by atoms with Crippen LogP contribution in [-0.4, -0.2) is 23.4 Å². The van der Waals surface area contributed by atoms with Gasteiger partial charge in [-0.1, -0.05) is 77.5 Å². The van der Waals surface area contributed by atoms with Crippen molar-refractivity contribution < 1.29 is 12.3 Å². The molecular formula is C18H20FN3O2S. The van der Waals surface area contributed by atoms with Crippen molar-refractivity contribution in [1.29, 1.82) is 0 Å². The van der Waals surface area contributed by atoms with Crippen LogP contribution in [0, 0.1) is 0 Å². The number of nitrogens with zero attached hydrogens (tertiary/aromatic N) is 3. The molecule has 0 aliphatic heterocycles. The van der Waals surface area contributed by atoms with Crippen LogP contribution in [0.5, 0.6) is 0 Å². The van der Waals surface area contributed by atoms with Gasteiger partial charge in [-0.2, -0.15) is 8.42 Å². The monoisotopic (exact) mass is 361 g/mol. The topological polar surface area (TPSA) is 64.8 Å². The molecule has 0 saturated heterocycles. The molecule has 0 amide bonds. The van der Waals surface area contributed by atoms with Gasteiger partial charge in [0, 0.05) is 0 Å². The molecule has 5 nitrogen and oxygen atoms in total. The Kier molecular flexibility index (Phi) is 6.03. The average molecular weight is 361 g/mol. The second kappa shape index (κ2) is 8.02. The molecule has 1 heterocycles. The highest BCUT2D eigenvalue weighted by atomic mass is 32.3. The van der Waals surface area contributed by atoms with Crippen molar-refractivity contribution in [2.75, 3.05) is 0 Å². The van der Waals surface area contributed by atoms with E-state index < -0.39 is 15.2 Å². The van der Waals surface area contributed by atoms with Crippen molar-refractivity contribution in [2.24, 2.45) is 0 Å². The van der Waals surface area contributed by atoms with E-state index in [-0.39, 0.29) is 6.04 Å². The molecule has 0 spiro atoms. The van der Waals surface area contributed by atoms with Crippen LogP contribution in [0.15, 0.2) is 65.8 Å². The molecule has 2 aromatic carbocycles. The van der Waals surface area contributed by atoms with Gasteiger partial charge >= 0.3 is 10.2 Å². The molecule has 1 aromatic heterocycles. The smallest absolute Gasteiger partial charge is 0.244 e. The van der Waals surface area contributed by atoms with Crippen LogP contribution in [0.2, 0.25) is 0 Å². The molecule has 7 heteroatoms. The number of hydrogen-bond acceptors (Lipinski definition) is 4. The largest absolute Gasteiger partial charge is 0.353 e. The van der Waals surface area contributed by atoms with Crippen LogP contribution in [0.3, 0.4) is 0 Å². The van der Waals surface area contributed by atoms with Crippen LogP contribution in [-0.2, 0) is 10.2 Å². The second-order valence-electron chi connectivity index (χ2n) is 5.14. The van der Waals surface area contributed by atoms with E-state index in [1.54, 1.807) is 0 Å². The third-order valence-corrected chi connectivity index (χ3v) is 4.32.